The fourth-order valence-electron chi connectivity index (χ4n) is 2.51. The van der Waals surface area contributed by atoms with Gasteiger partial charge in [0.1, 0.15) is 0 Å². The van der Waals surface area contributed by atoms with Gasteiger partial charge in [-0.05, 0) is 45.4 Å². The number of aryl methyl sites for hydroxylation is 1. The highest BCUT2D eigenvalue weighted by molar-refractivity contribution is 6.06. The number of aromatic nitrogens is 2. The van der Waals surface area contributed by atoms with E-state index >= 15 is 0 Å². The summed E-state index contributed by atoms with van der Waals surface area (Å²) in [4.78, 5) is 36.3. The van der Waals surface area contributed by atoms with Gasteiger partial charge in [0.25, 0.3) is 0 Å². The molecule has 1 aromatic carbocycles. The normalized spacial score (nSPS) is 11.0. The fraction of sp³-hybridized carbons (Fsp3) is 0.333. The van der Waals surface area contributed by atoms with Crippen LogP contribution in [0.15, 0.2) is 42.7 Å². The van der Waals surface area contributed by atoms with E-state index in [1.54, 1.807) is 18.5 Å². The van der Waals surface area contributed by atoms with Gasteiger partial charge in [-0.2, -0.15) is 0 Å². The molecule has 0 N–H and O–H groups in total. The lowest BCUT2D eigenvalue weighted by Crippen LogP contribution is -2.53. The van der Waals surface area contributed by atoms with Crippen LogP contribution in [0.3, 0.4) is 0 Å². The summed E-state index contributed by atoms with van der Waals surface area (Å²) in [5.74, 6) is -0.102. The van der Waals surface area contributed by atoms with E-state index in [1.807, 2.05) is 52.0 Å². The van der Waals surface area contributed by atoms with E-state index in [2.05, 4.69) is 9.97 Å². The van der Waals surface area contributed by atoms with Gasteiger partial charge < -0.3 is 0 Å². The summed E-state index contributed by atoms with van der Waals surface area (Å²) in [5, 5.41) is 0. The van der Waals surface area contributed by atoms with Gasteiger partial charge in [-0.25, -0.2) is 19.7 Å². The van der Waals surface area contributed by atoms with Crippen LogP contribution in [-0.4, -0.2) is 32.3 Å². The number of carbonyl (C=O) groups excluding carboxylic acids is 2. The fourth-order valence-corrected chi connectivity index (χ4v) is 2.51. The number of urea groups is 1. The Balaban J connectivity index is 2.61. The third-order valence-corrected chi connectivity index (χ3v) is 3.48. The second-order valence-corrected chi connectivity index (χ2v) is 6.48. The molecule has 0 unspecified atom stereocenters. The number of hydrogen-bond donors (Lipinski definition) is 0. The zero-order valence-electron chi connectivity index (χ0n) is 14.6. The molecule has 2 aromatic rings. The highest BCUT2D eigenvalue weighted by Crippen LogP contribution is 2.29. The van der Waals surface area contributed by atoms with Crippen molar-refractivity contribution >= 4 is 23.6 Å². The first-order valence-corrected chi connectivity index (χ1v) is 7.71. The zero-order chi connectivity index (χ0) is 17.9. The number of rotatable bonds is 2. The highest BCUT2D eigenvalue weighted by Gasteiger charge is 2.36. The van der Waals surface area contributed by atoms with Crippen molar-refractivity contribution in [2.24, 2.45) is 0 Å². The summed E-state index contributed by atoms with van der Waals surface area (Å²) in [5.41, 5.74) is 0.860. The number of amides is 3. The molecule has 0 aliphatic rings. The molecule has 0 aliphatic carbocycles. The van der Waals surface area contributed by atoms with Crippen molar-refractivity contribution in [3.63, 3.8) is 0 Å². The van der Waals surface area contributed by atoms with Crippen LogP contribution < -0.4 is 4.90 Å². The number of anilines is 2. The smallest absolute Gasteiger partial charge is 0.275 e. The predicted octanol–water partition coefficient (Wildman–Crippen LogP) is 3.69. The van der Waals surface area contributed by atoms with Crippen molar-refractivity contribution in [2.45, 2.75) is 40.2 Å². The molecule has 0 fully saturated rings. The summed E-state index contributed by atoms with van der Waals surface area (Å²) < 4.78 is 0. The molecule has 0 atom stereocenters. The molecule has 0 radical (unpaired) electrons. The standard InChI is InChI=1S/C18H22N4O2/c1-13-9-6-7-10-15(13)21(16-19-11-8-12-20-16)17(24)22(14(2)23)18(3,4)5/h6-12H,1-5H3. The molecule has 3 amide bonds. The van der Waals surface area contributed by atoms with Gasteiger partial charge in [0.15, 0.2) is 0 Å². The Hall–Kier alpha value is -2.76. The maximum atomic E-state index is 13.2. The van der Waals surface area contributed by atoms with Gasteiger partial charge in [0.2, 0.25) is 11.9 Å². The second-order valence-electron chi connectivity index (χ2n) is 6.48. The molecule has 2 rings (SSSR count). The van der Waals surface area contributed by atoms with Gasteiger partial charge in [0, 0.05) is 24.9 Å². The minimum absolute atomic E-state index is 0.229. The average molecular weight is 326 g/mol. The molecule has 1 aromatic heterocycles. The van der Waals surface area contributed by atoms with Crippen LogP contribution >= 0.6 is 0 Å². The van der Waals surface area contributed by atoms with Crippen molar-refractivity contribution in [1.29, 1.82) is 0 Å². The number of imide groups is 1. The van der Waals surface area contributed by atoms with E-state index in [9.17, 15) is 9.59 Å². The summed E-state index contributed by atoms with van der Waals surface area (Å²) in [6, 6.07) is 8.63. The van der Waals surface area contributed by atoms with Crippen molar-refractivity contribution < 1.29 is 9.59 Å². The van der Waals surface area contributed by atoms with Crippen LogP contribution in [0.25, 0.3) is 0 Å². The molecule has 6 heteroatoms. The zero-order valence-corrected chi connectivity index (χ0v) is 14.6. The number of para-hydroxylation sites is 1. The van der Waals surface area contributed by atoms with Crippen LogP contribution in [0.4, 0.5) is 16.4 Å². The van der Waals surface area contributed by atoms with Gasteiger partial charge in [0.05, 0.1) is 5.69 Å². The average Bonchev–Trinajstić information content (AvgIpc) is 2.49. The van der Waals surface area contributed by atoms with E-state index in [0.717, 1.165) is 5.56 Å². The third kappa shape index (κ3) is 3.59. The monoisotopic (exact) mass is 326 g/mol. The highest BCUT2D eigenvalue weighted by atomic mass is 16.2. The molecule has 126 valence electrons. The summed E-state index contributed by atoms with van der Waals surface area (Å²) in [6.07, 6.45) is 3.13. The van der Waals surface area contributed by atoms with Gasteiger partial charge in [-0.3, -0.25) is 9.69 Å². The third-order valence-electron chi connectivity index (χ3n) is 3.48. The molecule has 0 saturated carbocycles. The van der Waals surface area contributed by atoms with Crippen LogP contribution in [0.2, 0.25) is 0 Å². The molecule has 0 bridgehead atoms. The Labute approximate surface area is 142 Å². The van der Waals surface area contributed by atoms with Crippen molar-refractivity contribution in [3.05, 3.63) is 48.3 Å². The maximum Gasteiger partial charge on any atom is 0.338 e. The predicted molar refractivity (Wildman–Crippen MR) is 93.0 cm³/mol. The van der Waals surface area contributed by atoms with Crippen LogP contribution in [-0.2, 0) is 4.79 Å². The largest absolute Gasteiger partial charge is 0.338 e. The molecule has 0 aliphatic heterocycles. The molecule has 1 heterocycles. The van der Waals surface area contributed by atoms with E-state index in [-0.39, 0.29) is 11.9 Å². The van der Waals surface area contributed by atoms with E-state index in [4.69, 9.17) is 0 Å². The Morgan fingerprint density at radius 1 is 1.00 bits per heavy atom. The lowest BCUT2D eigenvalue weighted by Gasteiger charge is -2.36. The summed E-state index contributed by atoms with van der Waals surface area (Å²) in [7, 11) is 0. The maximum absolute atomic E-state index is 13.2. The van der Waals surface area contributed by atoms with Crippen molar-refractivity contribution in [1.82, 2.24) is 14.9 Å². The minimum Gasteiger partial charge on any atom is -0.275 e. The van der Waals surface area contributed by atoms with Crippen LogP contribution in [0.5, 0.6) is 0 Å². The first-order chi connectivity index (χ1) is 11.2. The van der Waals surface area contributed by atoms with E-state index < -0.39 is 11.6 Å². The molecular weight excluding hydrogens is 304 g/mol. The molecule has 24 heavy (non-hydrogen) atoms. The van der Waals surface area contributed by atoms with Gasteiger partial charge >= 0.3 is 6.03 Å². The Morgan fingerprint density at radius 3 is 2.08 bits per heavy atom. The van der Waals surface area contributed by atoms with Gasteiger partial charge in [-0.15, -0.1) is 0 Å². The van der Waals surface area contributed by atoms with E-state index in [0.29, 0.717) is 5.69 Å². The number of nitrogens with zero attached hydrogens (tertiary/aromatic N) is 4. The van der Waals surface area contributed by atoms with E-state index in [1.165, 1.54) is 16.7 Å². The Bertz CT molecular complexity index is 738. The number of benzene rings is 1. The first-order valence-electron chi connectivity index (χ1n) is 7.71. The molecular formula is C18H22N4O2. The Morgan fingerprint density at radius 2 is 1.58 bits per heavy atom. The lowest BCUT2D eigenvalue weighted by atomic mass is 10.1. The topological polar surface area (TPSA) is 66.4 Å². The molecule has 6 nitrogen and oxygen atoms in total. The second kappa shape index (κ2) is 6.78. The SMILES string of the molecule is CC(=O)N(C(=O)N(c1ncccn1)c1ccccc1C)C(C)(C)C. The van der Waals surface area contributed by atoms with Crippen molar-refractivity contribution in [2.75, 3.05) is 4.90 Å². The Kier molecular flexibility index (Phi) is 4.97. The first kappa shape index (κ1) is 17.6. The summed E-state index contributed by atoms with van der Waals surface area (Å²) >= 11 is 0. The van der Waals surface area contributed by atoms with Crippen molar-refractivity contribution in [3.8, 4) is 0 Å². The quantitative estimate of drug-likeness (QED) is 0.844. The minimum atomic E-state index is -0.668. The molecule has 0 saturated heterocycles. The summed E-state index contributed by atoms with van der Waals surface area (Å²) in [6.45, 7) is 8.72. The van der Waals surface area contributed by atoms with Gasteiger partial charge in [-0.1, -0.05) is 18.2 Å². The lowest BCUT2D eigenvalue weighted by molar-refractivity contribution is -0.129. The van der Waals surface area contributed by atoms with Crippen LogP contribution in [0.1, 0.15) is 33.3 Å². The van der Waals surface area contributed by atoms with Crippen LogP contribution in [0, 0.1) is 6.92 Å². The number of hydrogen-bond acceptors (Lipinski definition) is 4. The number of carbonyl (C=O) groups is 2. The molecule has 0 spiro atoms.